The van der Waals surface area contributed by atoms with E-state index in [2.05, 4.69) is 10.3 Å². The second kappa shape index (κ2) is 4.68. The van der Waals surface area contributed by atoms with Crippen molar-refractivity contribution in [3.8, 4) is 0 Å². The van der Waals surface area contributed by atoms with Gasteiger partial charge in [-0.15, -0.1) is 0 Å². The Morgan fingerprint density at radius 2 is 2.12 bits per heavy atom. The molecule has 1 amide bonds. The number of aliphatic hydroxyl groups excluding tert-OH is 2. The van der Waals surface area contributed by atoms with Crippen LogP contribution in [0.3, 0.4) is 0 Å². The van der Waals surface area contributed by atoms with Crippen molar-refractivity contribution >= 4 is 11.7 Å². The van der Waals surface area contributed by atoms with Crippen LogP contribution in [0.4, 0.5) is 5.82 Å². The highest BCUT2D eigenvalue weighted by molar-refractivity contribution is 5.95. The number of hydrogen-bond acceptors (Lipinski definition) is 5. The van der Waals surface area contributed by atoms with Crippen LogP contribution in [0.2, 0.25) is 0 Å². The maximum Gasteiger partial charge on any atom is 0.254 e. The summed E-state index contributed by atoms with van der Waals surface area (Å²) < 4.78 is 0. The summed E-state index contributed by atoms with van der Waals surface area (Å²) in [5.41, 5.74) is 0.491. The molecule has 3 N–H and O–H groups in total. The standard InChI is InChI=1S/C11H15N3O3/c1-12-10-4-7(2-3-13-10)11(17)14-5-8(15)9(16)6-14/h2-4,8-9,15-16H,5-6H2,1H3,(H,12,13). The fourth-order valence-corrected chi connectivity index (χ4v) is 1.82. The molecular formula is C11H15N3O3. The van der Waals surface area contributed by atoms with E-state index < -0.39 is 12.2 Å². The Morgan fingerprint density at radius 3 is 2.71 bits per heavy atom. The van der Waals surface area contributed by atoms with Crippen molar-refractivity contribution in [1.29, 1.82) is 0 Å². The van der Waals surface area contributed by atoms with Gasteiger partial charge in [0, 0.05) is 31.9 Å². The lowest BCUT2D eigenvalue weighted by molar-refractivity contribution is 0.0572. The summed E-state index contributed by atoms with van der Waals surface area (Å²) in [4.78, 5) is 17.5. The number of amides is 1. The molecule has 2 unspecified atom stereocenters. The van der Waals surface area contributed by atoms with Gasteiger partial charge >= 0.3 is 0 Å². The molecular weight excluding hydrogens is 222 g/mol. The van der Waals surface area contributed by atoms with E-state index in [1.807, 2.05) is 0 Å². The van der Waals surface area contributed by atoms with Gasteiger partial charge in [-0.05, 0) is 12.1 Å². The smallest absolute Gasteiger partial charge is 0.254 e. The minimum atomic E-state index is -0.857. The quantitative estimate of drug-likeness (QED) is 0.633. The molecule has 0 aromatic carbocycles. The van der Waals surface area contributed by atoms with E-state index in [0.29, 0.717) is 11.4 Å². The van der Waals surface area contributed by atoms with Crippen molar-refractivity contribution in [2.24, 2.45) is 0 Å². The number of rotatable bonds is 2. The van der Waals surface area contributed by atoms with Gasteiger partial charge in [0.25, 0.3) is 5.91 Å². The minimum absolute atomic E-state index is 0.164. The molecule has 0 radical (unpaired) electrons. The molecule has 1 fully saturated rings. The Hall–Kier alpha value is -1.66. The molecule has 6 nitrogen and oxygen atoms in total. The van der Waals surface area contributed by atoms with Gasteiger partial charge < -0.3 is 20.4 Å². The van der Waals surface area contributed by atoms with Gasteiger partial charge in [0.15, 0.2) is 0 Å². The molecule has 0 saturated carbocycles. The Kier molecular flexibility index (Phi) is 3.26. The molecule has 1 aliphatic heterocycles. The molecule has 92 valence electrons. The van der Waals surface area contributed by atoms with Crippen LogP contribution in [0.15, 0.2) is 18.3 Å². The Bertz CT molecular complexity index is 414. The summed E-state index contributed by atoms with van der Waals surface area (Å²) in [6.45, 7) is 0.328. The molecule has 1 saturated heterocycles. The number of carbonyl (C=O) groups is 1. The molecule has 0 bridgehead atoms. The summed E-state index contributed by atoms with van der Waals surface area (Å²) in [7, 11) is 1.72. The topological polar surface area (TPSA) is 85.7 Å². The summed E-state index contributed by atoms with van der Waals surface area (Å²) in [6.07, 6.45) is -0.170. The number of nitrogens with zero attached hydrogens (tertiary/aromatic N) is 2. The summed E-state index contributed by atoms with van der Waals surface area (Å²) >= 11 is 0. The lowest BCUT2D eigenvalue weighted by Crippen LogP contribution is -2.29. The van der Waals surface area contributed by atoms with E-state index in [0.717, 1.165) is 0 Å². The number of pyridine rings is 1. The SMILES string of the molecule is CNc1cc(C(=O)N2CC(O)C(O)C2)ccn1. The van der Waals surface area contributed by atoms with E-state index in [4.69, 9.17) is 0 Å². The first kappa shape index (κ1) is 11.8. The Morgan fingerprint density at radius 1 is 1.47 bits per heavy atom. The molecule has 0 aliphatic carbocycles. The number of aliphatic hydroxyl groups is 2. The molecule has 2 heterocycles. The third kappa shape index (κ3) is 2.37. The third-order valence-corrected chi connectivity index (χ3v) is 2.81. The molecule has 2 rings (SSSR count). The van der Waals surface area contributed by atoms with Crippen molar-refractivity contribution in [1.82, 2.24) is 9.88 Å². The zero-order valence-corrected chi connectivity index (χ0v) is 9.50. The van der Waals surface area contributed by atoms with E-state index in [1.165, 1.54) is 4.90 Å². The van der Waals surface area contributed by atoms with Gasteiger partial charge in [-0.25, -0.2) is 4.98 Å². The van der Waals surface area contributed by atoms with E-state index in [-0.39, 0.29) is 19.0 Å². The number of anilines is 1. The van der Waals surface area contributed by atoms with Crippen molar-refractivity contribution in [3.63, 3.8) is 0 Å². The molecule has 0 spiro atoms. The number of carbonyl (C=O) groups excluding carboxylic acids is 1. The number of nitrogens with one attached hydrogen (secondary N) is 1. The van der Waals surface area contributed by atoms with Crippen LogP contribution in [0.25, 0.3) is 0 Å². The first-order valence-electron chi connectivity index (χ1n) is 5.41. The van der Waals surface area contributed by atoms with E-state index >= 15 is 0 Å². The highest BCUT2D eigenvalue weighted by Gasteiger charge is 2.32. The molecule has 6 heteroatoms. The summed E-state index contributed by atoms with van der Waals surface area (Å²) in [6, 6.07) is 3.25. The van der Waals surface area contributed by atoms with Gasteiger partial charge in [-0.2, -0.15) is 0 Å². The summed E-state index contributed by atoms with van der Waals surface area (Å²) in [5, 5.41) is 21.6. The number of β-amino-alcohol motifs (C(OH)–C–C–N with tert-alkyl or cyclic N) is 2. The number of aromatic nitrogens is 1. The van der Waals surface area contributed by atoms with Crippen LogP contribution in [0, 0.1) is 0 Å². The lowest BCUT2D eigenvalue weighted by atomic mass is 10.2. The lowest BCUT2D eigenvalue weighted by Gasteiger charge is -2.15. The summed E-state index contributed by atoms with van der Waals surface area (Å²) in [5.74, 6) is 0.399. The first-order valence-corrected chi connectivity index (χ1v) is 5.41. The van der Waals surface area contributed by atoms with Crippen LogP contribution in [0.5, 0.6) is 0 Å². The predicted octanol–water partition coefficient (Wildman–Crippen LogP) is -0.699. The van der Waals surface area contributed by atoms with E-state index in [9.17, 15) is 15.0 Å². The molecule has 1 aliphatic rings. The predicted molar refractivity (Wildman–Crippen MR) is 61.7 cm³/mol. The number of likely N-dealkylation sites (tertiary alicyclic amines) is 1. The third-order valence-electron chi connectivity index (χ3n) is 2.81. The van der Waals surface area contributed by atoms with Crippen LogP contribution < -0.4 is 5.32 Å². The fraction of sp³-hybridized carbons (Fsp3) is 0.455. The minimum Gasteiger partial charge on any atom is -0.388 e. The second-order valence-corrected chi connectivity index (χ2v) is 4.02. The van der Waals surface area contributed by atoms with Crippen LogP contribution in [-0.4, -0.2) is 58.3 Å². The van der Waals surface area contributed by atoms with Crippen LogP contribution in [0.1, 0.15) is 10.4 Å². The van der Waals surface area contributed by atoms with Gasteiger partial charge in [-0.3, -0.25) is 4.79 Å². The van der Waals surface area contributed by atoms with Crippen molar-refractivity contribution in [2.75, 3.05) is 25.5 Å². The average molecular weight is 237 g/mol. The molecule has 1 aromatic rings. The highest BCUT2D eigenvalue weighted by atomic mass is 16.3. The van der Waals surface area contributed by atoms with Crippen LogP contribution >= 0.6 is 0 Å². The monoisotopic (exact) mass is 237 g/mol. The largest absolute Gasteiger partial charge is 0.388 e. The first-order chi connectivity index (χ1) is 8.11. The molecule has 2 atom stereocenters. The van der Waals surface area contributed by atoms with Gasteiger partial charge in [0.05, 0.1) is 12.2 Å². The Balaban J connectivity index is 2.14. The molecule has 1 aromatic heterocycles. The normalized spacial score (nSPS) is 23.8. The maximum absolute atomic E-state index is 12.1. The van der Waals surface area contributed by atoms with Crippen molar-refractivity contribution in [2.45, 2.75) is 12.2 Å². The Labute approximate surface area is 98.9 Å². The zero-order valence-electron chi connectivity index (χ0n) is 9.50. The zero-order chi connectivity index (χ0) is 12.4. The highest BCUT2D eigenvalue weighted by Crippen LogP contribution is 2.15. The molecule has 17 heavy (non-hydrogen) atoms. The fourth-order valence-electron chi connectivity index (χ4n) is 1.82. The van der Waals surface area contributed by atoms with Crippen molar-refractivity contribution < 1.29 is 15.0 Å². The van der Waals surface area contributed by atoms with Gasteiger partial charge in [0.2, 0.25) is 0 Å². The number of hydrogen-bond donors (Lipinski definition) is 3. The maximum atomic E-state index is 12.1. The van der Waals surface area contributed by atoms with Crippen LogP contribution in [-0.2, 0) is 0 Å². The second-order valence-electron chi connectivity index (χ2n) is 4.02. The van der Waals surface area contributed by atoms with Gasteiger partial charge in [0.1, 0.15) is 5.82 Å². The van der Waals surface area contributed by atoms with Gasteiger partial charge in [-0.1, -0.05) is 0 Å². The average Bonchev–Trinajstić information content (AvgIpc) is 2.69. The van der Waals surface area contributed by atoms with Crippen molar-refractivity contribution in [3.05, 3.63) is 23.9 Å². The van der Waals surface area contributed by atoms with E-state index in [1.54, 1.807) is 25.4 Å².